The van der Waals surface area contributed by atoms with Crippen LogP contribution in [0, 0.1) is 0 Å². The highest BCUT2D eigenvalue weighted by molar-refractivity contribution is 5.86. The van der Waals surface area contributed by atoms with E-state index in [0.29, 0.717) is 11.2 Å². The number of rotatable bonds is 7. The lowest BCUT2D eigenvalue weighted by atomic mass is 10.2. The minimum atomic E-state index is -1.14. The molecule has 2 heterocycles. The highest BCUT2D eigenvalue weighted by Crippen LogP contribution is 2.14. The number of aliphatic carboxylic acids is 1. The first-order valence-corrected chi connectivity index (χ1v) is 7.49. The first-order valence-electron chi connectivity index (χ1n) is 7.49. The summed E-state index contributed by atoms with van der Waals surface area (Å²) in [6.07, 6.45) is 2.65. The lowest BCUT2D eigenvalue weighted by Crippen LogP contribution is -2.47. The van der Waals surface area contributed by atoms with Crippen molar-refractivity contribution < 1.29 is 19.5 Å². The Hall–Kier alpha value is -3.24. The van der Waals surface area contributed by atoms with Crippen molar-refractivity contribution in [2.24, 2.45) is 0 Å². The number of carboxylic acid groups (broad SMARTS) is 1. The van der Waals surface area contributed by atoms with Gasteiger partial charge < -0.3 is 25.6 Å². The molecule has 0 aliphatic heterocycles. The van der Waals surface area contributed by atoms with Crippen molar-refractivity contribution in [1.29, 1.82) is 0 Å². The van der Waals surface area contributed by atoms with Crippen LogP contribution < -0.4 is 11.1 Å². The van der Waals surface area contributed by atoms with Crippen molar-refractivity contribution >= 4 is 34.8 Å². The molecule has 11 nitrogen and oxygen atoms in total. The maximum atomic E-state index is 12.6. The summed E-state index contributed by atoms with van der Waals surface area (Å²) in [5, 5.41) is 11.7. The molecule has 134 valence electrons. The third-order valence-corrected chi connectivity index (χ3v) is 3.61. The molecule has 4 N–H and O–H groups in total. The normalized spacial score (nSPS) is 11.9. The van der Waals surface area contributed by atoms with E-state index in [9.17, 15) is 19.5 Å². The first-order chi connectivity index (χ1) is 11.8. The van der Waals surface area contributed by atoms with E-state index in [1.54, 1.807) is 0 Å². The predicted molar refractivity (Wildman–Crippen MR) is 87.2 cm³/mol. The van der Waals surface area contributed by atoms with E-state index in [2.05, 4.69) is 20.3 Å². The summed E-state index contributed by atoms with van der Waals surface area (Å²) in [6, 6.07) is -1.05. The van der Waals surface area contributed by atoms with Gasteiger partial charge in [-0.2, -0.15) is 0 Å². The molecule has 0 fully saturated rings. The lowest BCUT2D eigenvalue weighted by molar-refractivity contribution is -0.149. The maximum Gasteiger partial charge on any atom is 0.326 e. The van der Waals surface area contributed by atoms with Crippen molar-refractivity contribution in [2.75, 3.05) is 18.8 Å². The lowest BCUT2D eigenvalue weighted by Gasteiger charge is -2.26. The Morgan fingerprint density at radius 1 is 1.36 bits per heavy atom. The molecule has 25 heavy (non-hydrogen) atoms. The van der Waals surface area contributed by atoms with Crippen LogP contribution in [-0.4, -0.2) is 66.4 Å². The molecule has 0 radical (unpaired) electrons. The number of nitrogens with one attached hydrogen (secondary N) is 1. The van der Waals surface area contributed by atoms with Gasteiger partial charge in [-0.05, 0) is 6.92 Å². The van der Waals surface area contributed by atoms with Crippen molar-refractivity contribution in [2.45, 2.75) is 26.4 Å². The molecule has 0 aliphatic carbocycles. The average Bonchev–Trinajstić information content (AvgIpc) is 2.95. The third kappa shape index (κ3) is 4.19. The van der Waals surface area contributed by atoms with Gasteiger partial charge in [0, 0.05) is 20.0 Å². The van der Waals surface area contributed by atoms with E-state index in [0.717, 1.165) is 0 Å². The standard InChI is InChI=1S/C14H19N7O4/c1-8(14(24)25)21(4-3-16-9(2)22)10(23)5-20-7-19-11-12(15)17-6-18-13(11)20/h6-8H,3-5H2,1-2H3,(H,16,22)(H,24,25)(H2,15,17,18). The number of carbonyl (C=O) groups excluding carboxylic acids is 2. The number of nitrogens with two attached hydrogens (primary N) is 1. The second-order valence-electron chi connectivity index (χ2n) is 5.39. The van der Waals surface area contributed by atoms with E-state index in [4.69, 9.17) is 5.73 Å². The van der Waals surface area contributed by atoms with Gasteiger partial charge in [0.25, 0.3) is 0 Å². The summed E-state index contributed by atoms with van der Waals surface area (Å²) < 4.78 is 1.47. The van der Waals surface area contributed by atoms with Crippen molar-refractivity contribution in [3.8, 4) is 0 Å². The zero-order valence-corrected chi connectivity index (χ0v) is 13.8. The molecule has 0 aliphatic rings. The fourth-order valence-electron chi connectivity index (χ4n) is 2.27. The number of carbonyl (C=O) groups is 3. The molecule has 2 amide bonds. The smallest absolute Gasteiger partial charge is 0.326 e. The molecule has 0 bridgehead atoms. The SMILES string of the molecule is CC(=O)NCCN(C(=O)Cn1cnc2c(N)ncnc21)C(C)C(=O)O. The summed E-state index contributed by atoms with van der Waals surface area (Å²) in [5.74, 6) is -1.66. The molecule has 1 unspecified atom stereocenters. The van der Waals surface area contributed by atoms with Gasteiger partial charge in [0.15, 0.2) is 11.5 Å². The van der Waals surface area contributed by atoms with E-state index in [1.807, 2.05) is 0 Å². The number of amides is 2. The number of imidazole rings is 1. The van der Waals surface area contributed by atoms with Gasteiger partial charge in [-0.1, -0.05) is 0 Å². The number of nitrogen functional groups attached to an aromatic ring is 1. The molecule has 0 saturated carbocycles. The van der Waals surface area contributed by atoms with Gasteiger partial charge >= 0.3 is 5.97 Å². The van der Waals surface area contributed by atoms with Crippen LogP contribution in [0.3, 0.4) is 0 Å². The van der Waals surface area contributed by atoms with E-state index >= 15 is 0 Å². The molecular weight excluding hydrogens is 330 g/mol. The van der Waals surface area contributed by atoms with Gasteiger partial charge in [0.1, 0.15) is 24.4 Å². The topological polar surface area (TPSA) is 156 Å². The summed E-state index contributed by atoms with van der Waals surface area (Å²) in [4.78, 5) is 47.9. The van der Waals surface area contributed by atoms with Gasteiger partial charge in [0.05, 0.1) is 6.33 Å². The van der Waals surface area contributed by atoms with Crippen LogP contribution in [0.15, 0.2) is 12.7 Å². The number of carboxylic acids is 1. The van der Waals surface area contributed by atoms with E-state index in [1.165, 1.54) is 36.0 Å². The second kappa shape index (κ2) is 7.55. The van der Waals surface area contributed by atoms with Crippen LogP contribution in [0.25, 0.3) is 11.2 Å². The second-order valence-corrected chi connectivity index (χ2v) is 5.39. The molecular formula is C14H19N7O4. The number of nitrogens with zero attached hydrogens (tertiary/aromatic N) is 5. The Balaban J connectivity index is 2.18. The molecule has 0 spiro atoms. The van der Waals surface area contributed by atoms with Crippen LogP contribution in [0.4, 0.5) is 5.82 Å². The summed E-state index contributed by atoms with van der Waals surface area (Å²) in [7, 11) is 0. The Kier molecular flexibility index (Phi) is 5.47. The fraction of sp³-hybridized carbons (Fsp3) is 0.429. The minimum absolute atomic E-state index is 0.0651. The molecule has 2 rings (SSSR count). The van der Waals surface area contributed by atoms with Gasteiger partial charge in [0.2, 0.25) is 11.8 Å². The van der Waals surface area contributed by atoms with E-state index in [-0.39, 0.29) is 31.4 Å². The highest BCUT2D eigenvalue weighted by Gasteiger charge is 2.26. The number of hydrogen-bond acceptors (Lipinski definition) is 7. The molecule has 0 saturated heterocycles. The van der Waals surface area contributed by atoms with Crippen molar-refractivity contribution in [1.82, 2.24) is 29.7 Å². The Bertz CT molecular complexity index is 804. The maximum absolute atomic E-state index is 12.6. The van der Waals surface area contributed by atoms with Crippen molar-refractivity contribution in [3.63, 3.8) is 0 Å². The number of fused-ring (bicyclic) bond motifs is 1. The zero-order valence-electron chi connectivity index (χ0n) is 13.8. The quantitative estimate of drug-likeness (QED) is 0.565. The monoisotopic (exact) mass is 349 g/mol. The fourth-order valence-corrected chi connectivity index (χ4v) is 2.27. The Morgan fingerprint density at radius 2 is 2.08 bits per heavy atom. The van der Waals surface area contributed by atoms with Crippen LogP contribution in [0.5, 0.6) is 0 Å². The molecule has 0 aromatic carbocycles. The van der Waals surface area contributed by atoms with Crippen molar-refractivity contribution in [3.05, 3.63) is 12.7 Å². The van der Waals surface area contributed by atoms with Gasteiger partial charge in [-0.25, -0.2) is 19.7 Å². The van der Waals surface area contributed by atoms with Gasteiger partial charge in [-0.15, -0.1) is 0 Å². The molecule has 2 aromatic rings. The Morgan fingerprint density at radius 3 is 2.72 bits per heavy atom. The zero-order chi connectivity index (χ0) is 18.6. The first kappa shape index (κ1) is 18.1. The summed E-state index contributed by atoms with van der Waals surface area (Å²) in [6.45, 7) is 2.80. The molecule has 2 aromatic heterocycles. The highest BCUT2D eigenvalue weighted by atomic mass is 16.4. The van der Waals surface area contributed by atoms with Crippen LogP contribution in [0.1, 0.15) is 13.8 Å². The number of aromatic nitrogens is 4. The average molecular weight is 349 g/mol. The largest absolute Gasteiger partial charge is 0.480 e. The van der Waals surface area contributed by atoms with E-state index < -0.39 is 17.9 Å². The molecule has 1 atom stereocenters. The van der Waals surface area contributed by atoms with Crippen LogP contribution in [-0.2, 0) is 20.9 Å². The van der Waals surface area contributed by atoms with Gasteiger partial charge in [-0.3, -0.25) is 9.59 Å². The third-order valence-electron chi connectivity index (χ3n) is 3.61. The number of anilines is 1. The molecule has 11 heteroatoms. The minimum Gasteiger partial charge on any atom is -0.480 e. The summed E-state index contributed by atoms with van der Waals surface area (Å²) in [5.41, 5.74) is 6.45. The number of hydrogen-bond donors (Lipinski definition) is 3. The van der Waals surface area contributed by atoms with Crippen LogP contribution >= 0.6 is 0 Å². The van der Waals surface area contributed by atoms with Crippen LogP contribution in [0.2, 0.25) is 0 Å². The Labute approximate surface area is 142 Å². The predicted octanol–water partition coefficient (Wildman–Crippen LogP) is -1.15. The summed E-state index contributed by atoms with van der Waals surface area (Å²) >= 11 is 0.